The Labute approximate surface area is 103 Å². The van der Waals surface area contributed by atoms with Crippen molar-refractivity contribution in [1.82, 2.24) is 10.2 Å². The fourth-order valence-electron chi connectivity index (χ4n) is 1.51. The molecule has 0 saturated carbocycles. The molecule has 0 aromatic carbocycles. The Hall–Kier alpha value is -1.12. The molecule has 0 spiro atoms. The monoisotopic (exact) mass is 266 g/mol. The van der Waals surface area contributed by atoms with Crippen LogP contribution in [0.3, 0.4) is 0 Å². The molecule has 1 amide bonds. The molecular formula is C10H16F2N2O4. The van der Waals surface area contributed by atoms with E-state index < -0.39 is 25.2 Å². The Morgan fingerprint density at radius 3 is 2.67 bits per heavy atom. The lowest BCUT2D eigenvalue weighted by Gasteiger charge is -2.26. The van der Waals surface area contributed by atoms with Gasteiger partial charge in [-0.05, 0) is 0 Å². The molecule has 18 heavy (non-hydrogen) atoms. The molecule has 0 radical (unpaired) electrons. The Morgan fingerprint density at radius 2 is 2.11 bits per heavy atom. The smallest absolute Gasteiger partial charge is 0.345 e. The number of rotatable bonds is 7. The lowest BCUT2D eigenvalue weighted by atomic mass is 10.3. The van der Waals surface area contributed by atoms with Crippen LogP contribution in [0.1, 0.15) is 0 Å². The summed E-state index contributed by atoms with van der Waals surface area (Å²) in [5.74, 6) is -0.396. The molecule has 1 heterocycles. The van der Waals surface area contributed by atoms with Crippen LogP contribution in [-0.2, 0) is 19.1 Å². The molecule has 1 aliphatic rings. The van der Waals surface area contributed by atoms with Crippen LogP contribution in [0.5, 0.6) is 0 Å². The van der Waals surface area contributed by atoms with E-state index in [1.807, 2.05) is 4.90 Å². The van der Waals surface area contributed by atoms with Crippen molar-refractivity contribution in [2.24, 2.45) is 0 Å². The second-order valence-corrected chi connectivity index (χ2v) is 3.79. The zero-order valence-corrected chi connectivity index (χ0v) is 9.81. The van der Waals surface area contributed by atoms with Gasteiger partial charge >= 0.3 is 6.61 Å². The summed E-state index contributed by atoms with van der Waals surface area (Å²) in [6.07, 6.45) is 0.375. The van der Waals surface area contributed by atoms with Gasteiger partial charge < -0.3 is 19.6 Å². The fourth-order valence-corrected chi connectivity index (χ4v) is 1.51. The number of halogens is 2. The molecule has 1 atom stereocenters. The van der Waals surface area contributed by atoms with Gasteiger partial charge in [-0.25, -0.2) is 0 Å². The van der Waals surface area contributed by atoms with Gasteiger partial charge in [0, 0.05) is 13.1 Å². The summed E-state index contributed by atoms with van der Waals surface area (Å²) in [6.45, 7) is -1.00. The van der Waals surface area contributed by atoms with Crippen LogP contribution in [-0.4, -0.2) is 69.2 Å². The van der Waals surface area contributed by atoms with Gasteiger partial charge in [-0.1, -0.05) is 0 Å². The third kappa shape index (κ3) is 5.99. The highest BCUT2D eigenvalue weighted by molar-refractivity contribution is 5.81. The number of ether oxygens (including phenoxy) is 2. The van der Waals surface area contributed by atoms with Gasteiger partial charge in [-0.3, -0.25) is 9.69 Å². The third-order valence-corrected chi connectivity index (χ3v) is 2.38. The summed E-state index contributed by atoms with van der Waals surface area (Å²) in [4.78, 5) is 24.0. The zero-order chi connectivity index (χ0) is 13.4. The molecule has 1 N–H and O–H groups in total. The summed E-state index contributed by atoms with van der Waals surface area (Å²) in [5.41, 5.74) is 0. The van der Waals surface area contributed by atoms with Crippen molar-refractivity contribution in [2.45, 2.75) is 12.7 Å². The number of morpholine rings is 1. The second-order valence-electron chi connectivity index (χ2n) is 3.79. The van der Waals surface area contributed by atoms with Crippen LogP contribution in [0.4, 0.5) is 8.78 Å². The average molecular weight is 266 g/mol. The molecule has 1 rings (SSSR count). The highest BCUT2D eigenvalue weighted by Gasteiger charge is 2.18. The maximum absolute atomic E-state index is 11.8. The van der Waals surface area contributed by atoms with Gasteiger partial charge in [-0.15, -0.1) is 0 Å². The Morgan fingerprint density at radius 1 is 1.44 bits per heavy atom. The van der Waals surface area contributed by atoms with E-state index >= 15 is 0 Å². The van der Waals surface area contributed by atoms with E-state index in [9.17, 15) is 18.4 Å². The Balaban J connectivity index is 2.25. The SMILES string of the molecule is O=CC(COC(F)F)NC(=O)CN1CCOCC1. The minimum absolute atomic E-state index is 0.113. The summed E-state index contributed by atoms with van der Waals surface area (Å²) < 4.78 is 32.6. The van der Waals surface area contributed by atoms with Gasteiger partial charge in [0.15, 0.2) is 0 Å². The number of alkyl halides is 2. The summed E-state index contributed by atoms with van der Waals surface area (Å²) >= 11 is 0. The zero-order valence-electron chi connectivity index (χ0n) is 9.81. The van der Waals surface area contributed by atoms with E-state index in [0.717, 1.165) is 0 Å². The Kier molecular flexibility index (Phi) is 6.69. The molecule has 0 aliphatic carbocycles. The predicted octanol–water partition coefficient (Wildman–Crippen LogP) is -0.758. The van der Waals surface area contributed by atoms with E-state index in [4.69, 9.17) is 4.74 Å². The van der Waals surface area contributed by atoms with Gasteiger partial charge in [0.05, 0.1) is 26.4 Å². The largest absolute Gasteiger partial charge is 0.379 e. The maximum Gasteiger partial charge on any atom is 0.345 e. The molecule has 0 aromatic heterocycles. The first-order valence-electron chi connectivity index (χ1n) is 5.56. The van der Waals surface area contributed by atoms with Crippen LogP contribution in [0.25, 0.3) is 0 Å². The van der Waals surface area contributed by atoms with Crippen molar-refractivity contribution in [3.8, 4) is 0 Å². The Bertz CT molecular complexity index is 273. The number of hydrogen-bond acceptors (Lipinski definition) is 5. The van der Waals surface area contributed by atoms with Gasteiger partial charge in [0.25, 0.3) is 0 Å². The molecular weight excluding hydrogens is 250 g/mol. The number of carbonyl (C=O) groups is 2. The van der Waals surface area contributed by atoms with Crippen molar-refractivity contribution >= 4 is 12.2 Å². The number of nitrogens with zero attached hydrogens (tertiary/aromatic N) is 1. The van der Waals surface area contributed by atoms with E-state index in [2.05, 4.69) is 10.1 Å². The van der Waals surface area contributed by atoms with Crippen LogP contribution >= 0.6 is 0 Å². The molecule has 1 saturated heterocycles. The van der Waals surface area contributed by atoms with Crippen molar-refractivity contribution in [3.05, 3.63) is 0 Å². The second kappa shape index (κ2) is 8.06. The molecule has 104 valence electrons. The number of hydrogen-bond donors (Lipinski definition) is 1. The summed E-state index contributed by atoms with van der Waals surface area (Å²) in [7, 11) is 0. The lowest BCUT2D eigenvalue weighted by molar-refractivity contribution is -0.142. The molecule has 0 aromatic rings. The van der Waals surface area contributed by atoms with Gasteiger partial charge in [0.1, 0.15) is 12.3 Å². The van der Waals surface area contributed by atoms with Crippen molar-refractivity contribution in [1.29, 1.82) is 0 Å². The normalized spacial score (nSPS) is 18.6. The molecule has 1 aliphatic heterocycles. The molecule has 1 fully saturated rings. The minimum atomic E-state index is -2.96. The van der Waals surface area contributed by atoms with E-state index in [0.29, 0.717) is 32.6 Å². The van der Waals surface area contributed by atoms with Crippen molar-refractivity contribution in [3.63, 3.8) is 0 Å². The van der Waals surface area contributed by atoms with E-state index in [-0.39, 0.29) is 6.54 Å². The third-order valence-electron chi connectivity index (χ3n) is 2.38. The number of carbonyl (C=O) groups excluding carboxylic acids is 2. The van der Waals surface area contributed by atoms with Gasteiger partial charge in [0.2, 0.25) is 5.91 Å². The molecule has 6 nitrogen and oxygen atoms in total. The molecule has 1 unspecified atom stereocenters. The first-order chi connectivity index (χ1) is 8.61. The standard InChI is InChI=1S/C10H16F2N2O4/c11-10(12)18-7-8(6-15)13-9(16)5-14-1-3-17-4-2-14/h6,8,10H,1-5,7H2,(H,13,16). The highest BCUT2D eigenvalue weighted by atomic mass is 19.3. The number of nitrogens with one attached hydrogen (secondary N) is 1. The number of aldehydes is 1. The lowest BCUT2D eigenvalue weighted by Crippen LogP contribution is -2.47. The van der Waals surface area contributed by atoms with Crippen molar-refractivity contribution < 1.29 is 27.8 Å². The van der Waals surface area contributed by atoms with Crippen LogP contribution < -0.4 is 5.32 Å². The fraction of sp³-hybridized carbons (Fsp3) is 0.800. The molecule has 0 bridgehead atoms. The molecule has 8 heteroatoms. The first kappa shape index (κ1) is 14.9. The van der Waals surface area contributed by atoms with Crippen LogP contribution in [0.15, 0.2) is 0 Å². The van der Waals surface area contributed by atoms with Crippen LogP contribution in [0, 0.1) is 0 Å². The summed E-state index contributed by atoms with van der Waals surface area (Å²) in [5, 5.41) is 2.32. The van der Waals surface area contributed by atoms with E-state index in [1.165, 1.54) is 0 Å². The van der Waals surface area contributed by atoms with Crippen LogP contribution in [0.2, 0.25) is 0 Å². The quantitative estimate of drug-likeness (QED) is 0.614. The van der Waals surface area contributed by atoms with Gasteiger partial charge in [-0.2, -0.15) is 8.78 Å². The van der Waals surface area contributed by atoms with Crippen molar-refractivity contribution in [2.75, 3.05) is 39.5 Å². The first-order valence-corrected chi connectivity index (χ1v) is 5.56. The number of amides is 1. The average Bonchev–Trinajstić information content (AvgIpc) is 2.35. The van der Waals surface area contributed by atoms with E-state index in [1.54, 1.807) is 0 Å². The minimum Gasteiger partial charge on any atom is -0.379 e. The predicted molar refractivity (Wildman–Crippen MR) is 57.2 cm³/mol. The maximum atomic E-state index is 11.8. The summed E-state index contributed by atoms with van der Waals surface area (Å²) in [6, 6.07) is -1.05. The highest BCUT2D eigenvalue weighted by Crippen LogP contribution is 1.97. The topological polar surface area (TPSA) is 67.9 Å².